The van der Waals surface area contributed by atoms with Crippen LogP contribution in [-0.4, -0.2) is 23.2 Å². The standard InChI is InChI=1S/C18H16F3N3O2S/c1-10(12-5-3-4-6-13(12)18(19,20)21)23-17-24-16(25)15(27-17)11-7-8-22-14(9-11)26-2/h3-10,15H,1-2H3,(H,23,24,25)/t10-,15?/m0/s1. The van der Waals surface area contributed by atoms with Gasteiger partial charge in [-0.3, -0.25) is 4.79 Å². The second kappa shape index (κ2) is 7.59. The van der Waals surface area contributed by atoms with E-state index in [9.17, 15) is 18.0 Å². The van der Waals surface area contributed by atoms with Crippen molar-refractivity contribution < 1.29 is 22.7 Å². The average Bonchev–Trinajstić information content (AvgIpc) is 3.01. The number of benzene rings is 1. The number of hydrogen-bond acceptors (Lipinski definition) is 5. The first-order valence-electron chi connectivity index (χ1n) is 8.01. The number of carbonyl (C=O) groups is 1. The van der Waals surface area contributed by atoms with Gasteiger partial charge in [0.15, 0.2) is 5.17 Å². The number of aromatic nitrogens is 1. The lowest BCUT2D eigenvalue weighted by Crippen LogP contribution is -2.25. The van der Waals surface area contributed by atoms with Crippen LogP contribution in [0.2, 0.25) is 0 Å². The second-order valence-corrected chi connectivity index (χ2v) is 6.93. The van der Waals surface area contributed by atoms with Crippen molar-refractivity contribution in [3.63, 3.8) is 0 Å². The number of alkyl halides is 3. The lowest BCUT2D eigenvalue weighted by Gasteiger charge is -2.20. The zero-order valence-corrected chi connectivity index (χ0v) is 15.3. The van der Waals surface area contributed by atoms with Gasteiger partial charge in [0.1, 0.15) is 5.25 Å². The molecule has 1 unspecified atom stereocenters. The number of halogens is 3. The first-order chi connectivity index (χ1) is 12.8. The Kier molecular flexibility index (Phi) is 5.41. The van der Waals surface area contributed by atoms with E-state index >= 15 is 0 Å². The molecule has 1 aliphatic rings. The fourth-order valence-electron chi connectivity index (χ4n) is 2.72. The summed E-state index contributed by atoms with van der Waals surface area (Å²) in [5.41, 5.74) is 0.0471. The number of nitrogens with one attached hydrogen (secondary N) is 1. The summed E-state index contributed by atoms with van der Waals surface area (Å²) < 4.78 is 44.7. The molecule has 27 heavy (non-hydrogen) atoms. The van der Waals surface area contributed by atoms with Crippen molar-refractivity contribution in [2.75, 3.05) is 7.11 Å². The zero-order chi connectivity index (χ0) is 19.6. The van der Waals surface area contributed by atoms with Crippen LogP contribution in [0.4, 0.5) is 13.2 Å². The van der Waals surface area contributed by atoms with E-state index in [1.165, 1.54) is 25.4 Å². The Balaban J connectivity index is 1.76. The minimum atomic E-state index is -4.46. The molecule has 0 spiro atoms. The zero-order valence-electron chi connectivity index (χ0n) is 14.4. The van der Waals surface area contributed by atoms with Gasteiger partial charge in [-0.1, -0.05) is 30.0 Å². The molecule has 0 fully saturated rings. The number of methoxy groups -OCH3 is 1. The maximum absolute atomic E-state index is 13.2. The van der Waals surface area contributed by atoms with E-state index in [4.69, 9.17) is 4.74 Å². The number of nitrogens with zero attached hydrogens (tertiary/aromatic N) is 2. The molecule has 1 N–H and O–H groups in total. The minimum absolute atomic E-state index is 0.0924. The van der Waals surface area contributed by atoms with Crippen LogP contribution in [0.1, 0.15) is 34.9 Å². The van der Waals surface area contributed by atoms with Crippen LogP contribution in [0.25, 0.3) is 0 Å². The third-order valence-corrected chi connectivity index (χ3v) is 5.15. The topological polar surface area (TPSA) is 63.6 Å². The Hall–Kier alpha value is -2.55. The second-order valence-electron chi connectivity index (χ2n) is 5.84. The Morgan fingerprint density at radius 2 is 2.00 bits per heavy atom. The van der Waals surface area contributed by atoms with Gasteiger partial charge < -0.3 is 10.1 Å². The smallest absolute Gasteiger partial charge is 0.416 e. The summed E-state index contributed by atoms with van der Waals surface area (Å²) in [6.45, 7) is 1.60. The molecule has 2 aromatic rings. The van der Waals surface area contributed by atoms with Gasteiger partial charge in [-0.15, -0.1) is 0 Å². The van der Waals surface area contributed by atoms with Crippen molar-refractivity contribution in [1.29, 1.82) is 0 Å². The molecular formula is C18H16F3N3O2S. The number of aliphatic imine (C=N–C) groups is 1. The van der Waals surface area contributed by atoms with Crippen molar-refractivity contribution in [3.8, 4) is 5.88 Å². The number of hydrogen-bond donors (Lipinski definition) is 1. The van der Waals surface area contributed by atoms with Crippen LogP contribution in [0, 0.1) is 0 Å². The SMILES string of the molecule is COc1cc(C2SC(N[C@@H](C)c3ccccc3C(F)(F)F)=NC2=O)ccn1. The van der Waals surface area contributed by atoms with Gasteiger partial charge in [0.2, 0.25) is 5.88 Å². The predicted octanol–water partition coefficient (Wildman–Crippen LogP) is 4.13. The van der Waals surface area contributed by atoms with Crippen molar-refractivity contribution in [2.24, 2.45) is 4.99 Å². The van der Waals surface area contributed by atoms with Gasteiger partial charge in [0, 0.05) is 12.3 Å². The average molecular weight is 395 g/mol. The Morgan fingerprint density at radius 1 is 1.26 bits per heavy atom. The maximum Gasteiger partial charge on any atom is 0.416 e. The quantitative estimate of drug-likeness (QED) is 0.843. The highest BCUT2D eigenvalue weighted by Crippen LogP contribution is 2.38. The molecule has 1 aromatic carbocycles. The monoisotopic (exact) mass is 395 g/mol. The third kappa shape index (κ3) is 4.24. The molecule has 0 saturated carbocycles. The summed E-state index contributed by atoms with van der Waals surface area (Å²) in [5, 5.41) is 2.61. The van der Waals surface area contributed by atoms with Crippen molar-refractivity contribution in [1.82, 2.24) is 10.3 Å². The molecule has 2 heterocycles. The van der Waals surface area contributed by atoms with E-state index in [1.807, 2.05) is 0 Å². The highest BCUT2D eigenvalue weighted by atomic mass is 32.2. The lowest BCUT2D eigenvalue weighted by molar-refractivity contribution is -0.138. The number of pyridine rings is 1. The summed E-state index contributed by atoms with van der Waals surface area (Å²) in [4.78, 5) is 20.2. The summed E-state index contributed by atoms with van der Waals surface area (Å²) in [6, 6.07) is 7.98. The molecule has 1 aromatic heterocycles. The molecule has 9 heteroatoms. The minimum Gasteiger partial charge on any atom is -0.481 e. The molecule has 5 nitrogen and oxygen atoms in total. The van der Waals surface area contributed by atoms with Gasteiger partial charge >= 0.3 is 6.18 Å². The van der Waals surface area contributed by atoms with E-state index in [0.717, 1.165) is 17.8 Å². The first kappa shape index (κ1) is 19.2. The van der Waals surface area contributed by atoms with Crippen LogP contribution in [0.3, 0.4) is 0 Å². The van der Waals surface area contributed by atoms with Crippen LogP contribution in [0.5, 0.6) is 5.88 Å². The summed E-state index contributed by atoms with van der Waals surface area (Å²) in [7, 11) is 1.47. The molecule has 3 rings (SSSR count). The summed E-state index contributed by atoms with van der Waals surface area (Å²) in [6.07, 6.45) is -2.93. The maximum atomic E-state index is 13.2. The van der Waals surface area contributed by atoms with E-state index in [2.05, 4.69) is 15.3 Å². The molecular weight excluding hydrogens is 379 g/mol. The van der Waals surface area contributed by atoms with Gasteiger partial charge in [0.05, 0.1) is 18.7 Å². The van der Waals surface area contributed by atoms with E-state index in [1.54, 1.807) is 25.1 Å². The number of rotatable bonds is 4. The van der Waals surface area contributed by atoms with Gasteiger partial charge in [-0.05, 0) is 30.2 Å². The molecule has 1 amide bonds. The molecule has 0 bridgehead atoms. The van der Waals surface area contributed by atoms with Crippen LogP contribution < -0.4 is 10.1 Å². The number of ether oxygens (including phenoxy) is 1. The number of amides is 1. The Labute approximate surface area is 158 Å². The molecule has 0 radical (unpaired) electrons. The normalized spacial score (nSPS) is 18.2. The third-order valence-electron chi connectivity index (χ3n) is 4.01. The van der Waals surface area contributed by atoms with Crippen molar-refractivity contribution in [3.05, 3.63) is 59.3 Å². The molecule has 1 aliphatic heterocycles. The van der Waals surface area contributed by atoms with E-state index in [-0.39, 0.29) is 16.6 Å². The van der Waals surface area contributed by atoms with Crippen LogP contribution >= 0.6 is 11.8 Å². The lowest BCUT2D eigenvalue weighted by atomic mass is 10.0. The molecule has 2 atom stereocenters. The largest absolute Gasteiger partial charge is 0.481 e. The number of amidine groups is 1. The highest BCUT2D eigenvalue weighted by molar-refractivity contribution is 8.15. The number of carbonyl (C=O) groups excluding carboxylic acids is 1. The van der Waals surface area contributed by atoms with Gasteiger partial charge in [-0.25, -0.2) is 4.98 Å². The van der Waals surface area contributed by atoms with Crippen LogP contribution in [-0.2, 0) is 11.0 Å². The highest BCUT2D eigenvalue weighted by Gasteiger charge is 2.35. The Bertz CT molecular complexity index is 886. The van der Waals surface area contributed by atoms with Crippen molar-refractivity contribution in [2.45, 2.75) is 24.4 Å². The molecule has 142 valence electrons. The first-order valence-corrected chi connectivity index (χ1v) is 8.89. The fraction of sp³-hybridized carbons (Fsp3) is 0.278. The van der Waals surface area contributed by atoms with Gasteiger partial charge in [0.25, 0.3) is 5.91 Å². The summed E-state index contributed by atoms with van der Waals surface area (Å²) >= 11 is 1.15. The molecule has 0 saturated heterocycles. The van der Waals surface area contributed by atoms with E-state index in [0.29, 0.717) is 11.4 Å². The number of thioether (sulfide) groups is 1. The van der Waals surface area contributed by atoms with Crippen LogP contribution in [0.15, 0.2) is 47.6 Å². The Morgan fingerprint density at radius 3 is 2.70 bits per heavy atom. The predicted molar refractivity (Wildman–Crippen MR) is 96.6 cm³/mol. The van der Waals surface area contributed by atoms with Crippen molar-refractivity contribution >= 4 is 22.8 Å². The fourth-order valence-corrected chi connectivity index (χ4v) is 3.77. The summed E-state index contributed by atoms with van der Waals surface area (Å²) in [5.74, 6) is -0.0122. The van der Waals surface area contributed by atoms with Gasteiger partial charge in [-0.2, -0.15) is 18.2 Å². The molecule has 0 aliphatic carbocycles. The van der Waals surface area contributed by atoms with E-state index < -0.39 is 23.0 Å².